The summed E-state index contributed by atoms with van der Waals surface area (Å²) >= 11 is 1.85. The number of benzene rings is 1. The van der Waals surface area contributed by atoms with Crippen LogP contribution in [0.2, 0.25) is 0 Å². The number of thioether (sulfide) groups is 1. The molecule has 1 aromatic carbocycles. The van der Waals surface area contributed by atoms with Crippen molar-refractivity contribution in [2.45, 2.75) is 25.4 Å². The number of amides is 1. The molecule has 5 rings (SSSR count). The van der Waals surface area contributed by atoms with Gasteiger partial charge in [-0.2, -0.15) is 32.1 Å². The van der Waals surface area contributed by atoms with Crippen LogP contribution < -0.4 is 10.2 Å². The van der Waals surface area contributed by atoms with Crippen LogP contribution in [-0.2, 0) is 4.79 Å². The number of piperazine rings is 1. The Balaban J connectivity index is 0.00000144. The zero-order valence-electron chi connectivity index (χ0n) is 18.5. The number of rotatable bonds is 4. The minimum Gasteiger partial charge on any atom is -0.354 e. The SMILES string of the molecule is Cc1cc(N2CCN([C@@H]3CN[C@H](C(=O)N4CCSC4)C3)CC2)n(-c2ccccc2)n1.S.S. The summed E-state index contributed by atoms with van der Waals surface area (Å²) in [7, 11) is 0. The topological polar surface area (TPSA) is 56.6 Å². The van der Waals surface area contributed by atoms with Crippen molar-refractivity contribution in [3.8, 4) is 5.69 Å². The van der Waals surface area contributed by atoms with Gasteiger partial charge in [0.2, 0.25) is 5.91 Å². The molecule has 0 spiro atoms. The third-order valence-corrected chi connectivity index (χ3v) is 7.40. The van der Waals surface area contributed by atoms with Crippen molar-refractivity contribution in [3.63, 3.8) is 0 Å². The number of nitrogens with zero attached hydrogens (tertiary/aromatic N) is 5. The van der Waals surface area contributed by atoms with Gasteiger partial charge in [-0.05, 0) is 25.5 Å². The second kappa shape index (κ2) is 11.2. The van der Waals surface area contributed by atoms with Crippen molar-refractivity contribution < 1.29 is 4.79 Å². The van der Waals surface area contributed by atoms with Gasteiger partial charge in [-0.15, -0.1) is 11.8 Å². The van der Waals surface area contributed by atoms with Crippen LogP contribution in [0.15, 0.2) is 36.4 Å². The number of aryl methyl sites for hydroxylation is 1. The number of carbonyl (C=O) groups excluding carboxylic acids is 1. The smallest absolute Gasteiger partial charge is 0.240 e. The van der Waals surface area contributed by atoms with Crippen LogP contribution in [-0.4, -0.2) is 88.5 Å². The lowest BCUT2D eigenvalue weighted by atomic mass is 10.1. The predicted molar refractivity (Wildman–Crippen MR) is 142 cm³/mol. The quantitative estimate of drug-likeness (QED) is 0.700. The molecule has 0 unspecified atom stereocenters. The number of hydrogen-bond donors (Lipinski definition) is 1. The van der Waals surface area contributed by atoms with Crippen LogP contribution in [0.25, 0.3) is 5.69 Å². The first-order valence-corrected chi connectivity index (χ1v) is 12.1. The van der Waals surface area contributed by atoms with E-state index in [9.17, 15) is 4.79 Å². The van der Waals surface area contributed by atoms with E-state index in [4.69, 9.17) is 5.10 Å². The Morgan fingerprint density at radius 1 is 1.09 bits per heavy atom. The second-order valence-electron chi connectivity index (χ2n) is 8.40. The van der Waals surface area contributed by atoms with Crippen molar-refractivity contribution in [3.05, 3.63) is 42.1 Å². The first-order chi connectivity index (χ1) is 14.7. The molecule has 0 saturated carbocycles. The molecule has 3 aliphatic heterocycles. The van der Waals surface area contributed by atoms with Gasteiger partial charge in [-0.3, -0.25) is 9.69 Å². The summed E-state index contributed by atoms with van der Waals surface area (Å²) in [6, 6.07) is 13.0. The fraction of sp³-hybridized carbons (Fsp3) is 0.545. The first kappa shape index (κ1) is 25.3. The van der Waals surface area contributed by atoms with Crippen molar-refractivity contribution in [1.29, 1.82) is 0 Å². The monoisotopic (exact) mass is 494 g/mol. The highest BCUT2D eigenvalue weighted by molar-refractivity contribution is 7.99. The Morgan fingerprint density at radius 3 is 2.53 bits per heavy atom. The van der Waals surface area contributed by atoms with Crippen LogP contribution >= 0.6 is 38.8 Å². The summed E-state index contributed by atoms with van der Waals surface area (Å²) in [5.74, 6) is 3.39. The number of aromatic nitrogens is 2. The van der Waals surface area contributed by atoms with E-state index in [1.165, 1.54) is 5.82 Å². The summed E-state index contributed by atoms with van der Waals surface area (Å²) in [6.45, 7) is 7.88. The molecule has 1 aromatic heterocycles. The molecule has 2 aromatic rings. The first-order valence-electron chi connectivity index (χ1n) is 10.9. The van der Waals surface area contributed by atoms with Gasteiger partial charge >= 0.3 is 0 Å². The van der Waals surface area contributed by atoms with Crippen molar-refractivity contribution >= 4 is 50.5 Å². The number of carbonyl (C=O) groups is 1. The van der Waals surface area contributed by atoms with Gasteiger partial charge in [-0.25, -0.2) is 4.68 Å². The van der Waals surface area contributed by atoms with Crippen LogP contribution in [0.1, 0.15) is 12.1 Å². The minimum absolute atomic E-state index is 0. The van der Waals surface area contributed by atoms with Gasteiger partial charge in [-0.1, -0.05) is 18.2 Å². The van der Waals surface area contributed by atoms with Gasteiger partial charge in [0.1, 0.15) is 5.82 Å². The van der Waals surface area contributed by atoms with Gasteiger partial charge < -0.3 is 15.1 Å². The normalized spacial score (nSPS) is 23.7. The number of para-hydroxylation sites is 1. The standard InChI is InChI=1S/C22H30N6OS.2H2S/c1-17-13-21(28(24-17)18-5-3-2-4-6-18)26-9-7-25(8-10-26)19-14-20(23-15-19)22(29)27-11-12-30-16-27;;/h2-6,13,19-20,23H,7-12,14-16H2,1H3;2*1H2/t19-,20-;;/m0../s1. The zero-order chi connectivity index (χ0) is 20.5. The van der Waals surface area contributed by atoms with Crippen LogP contribution in [0.4, 0.5) is 5.82 Å². The van der Waals surface area contributed by atoms with Crippen LogP contribution in [0.5, 0.6) is 0 Å². The molecule has 176 valence electrons. The molecule has 0 radical (unpaired) electrons. The number of nitrogens with one attached hydrogen (secondary N) is 1. The summed E-state index contributed by atoms with van der Waals surface area (Å²) in [6.07, 6.45) is 0.932. The lowest BCUT2D eigenvalue weighted by molar-refractivity contribution is -0.131. The Kier molecular flexibility index (Phi) is 8.85. The molecule has 3 aliphatic rings. The molecule has 0 bridgehead atoms. The summed E-state index contributed by atoms with van der Waals surface area (Å²) in [5.41, 5.74) is 2.14. The molecular weight excluding hydrogens is 460 g/mol. The van der Waals surface area contributed by atoms with Gasteiger partial charge in [0.15, 0.2) is 0 Å². The maximum Gasteiger partial charge on any atom is 0.240 e. The summed E-state index contributed by atoms with van der Waals surface area (Å²) in [5, 5.41) is 8.21. The van der Waals surface area contributed by atoms with E-state index in [2.05, 4.69) is 57.1 Å². The third kappa shape index (κ3) is 5.25. The van der Waals surface area contributed by atoms with Crippen molar-refractivity contribution in [2.24, 2.45) is 0 Å². The van der Waals surface area contributed by atoms with Crippen LogP contribution in [0, 0.1) is 6.92 Å². The highest BCUT2D eigenvalue weighted by atomic mass is 32.2. The largest absolute Gasteiger partial charge is 0.354 e. The van der Waals surface area contributed by atoms with E-state index in [0.29, 0.717) is 11.9 Å². The fourth-order valence-corrected chi connectivity index (χ4v) is 5.73. The molecule has 1 N–H and O–H groups in total. The second-order valence-corrected chi connectivity index (χ2v) is 9.48. The molecule has 7 nitrogen and oxygen atoms in total. The van der Waals surface area contributed by atoms with Gasteiger partial charge in [0.05, 0.1) is 23.3 Å². The minimum atomic E-state index is -0.00566. The van der Waals surface area contributed by atoms with Gasteiger partial charge in [0, 0.05) is 57.1 Å². The van der Waals surface area contributed by atoms with E-state index >= 15 is 0 Å². The molecule has 3 saturated heterocycles. The molecule has 2 atom stereocenters. The zero-order valence-corrected chi connectivity index (χ0v) is 21.4. The molecule has 4 heterocycles. The third-order valence-electron chi connectivity index (χ3n) is 6.44. The highest BCUT2D eigenvalue weighted by Crippen LogP contribution is 2.25. The van der Waals surface area contributed by atoms with E-state index in [1.54, 1.807) is 0 Å². The maximum atomic E-state index is 12.7. The van der Waals surface area contributed by atoms with Gasteiger partial charge in [0.25, 0.3) is 0 Å². The molecule has 1 amide bonds. The Labute approximate surface area is 208 Å². The van der Waals surface area contributed by atoms with Crippen molar-refractivity contribution in [1.82, 2.24) is 24.9 Å². The molecule has 32 heavy (non-hydrogen) atoms. The Bertz CT molecular complexity index is 881. The average molecular weight is 495 g/mol. The highest BCUT2D eigenvalue weighted by Gasteiger charge is 2.36. The van der Waals surface area contributed by atoms with Crippen LogP contribution in [0.3, 0.4) is 0 Å². The summed E-state index contributed by atoms with van der Waals surface area (Å²) in [4.78, 5) is 19.7. The van der Waals surface area contributed by atoms with Crippen molar-refractivity contribution in [2.75, 3.05) is 55.8 Å². The van der Waals surface area contributed by atoms with E-state index in [0.717, 1.165) is 68.7 Å². The lowest BCUT2D eigenvalue weighted by Gasteiger charge is -2.38. The summed E-state index contributed by atoms with van der Waals surface area (Å²) < 4.78 is 2.06. The molecule has 0 aliphatic carbocycles. The van der Waals surface area contributed by atoms with E-state index in [1.807, 2.05) is 22.7 Å². The van der Waals surface area contributed by atoms with E-state index < -0.39 is 0 Å². The lowest BCUT2D eigenvalue weighted by Crippen LogP contribution is -2.51. The van der Waals surface area contributed by atoms with E-state index in [-0.39, 0.29) is 33.0 Å². The fourth-order valence-electron chi connectivity index (χ4n) is 4.78. The molecule has 10 heteroatoms. The maximum absolute atomic E-state index is 12.7. The molecular formula is C22H34N6OS3. The number of anilines is 1. The Hall–Kier alpha value is -1.33. The Morgan fingerprint density at radius 2 is 1.84 bits per heavy atom. The average Bonchev–Trinajstić information content (AvgIpc) is 3.55. The number of hydrogen-bond acceptors (Lipinski definition) is 6. The predicted octanol–water partition coefficient (Wildman–Crippen LogP) is 1.79. The molecule has 3 fully saturated rings.